The zero-order chi connectivity index (χ0) is 36.3. The molecule has 0 bridgehead atoms. The van der Waals surface area contributed by atoms with Crippen molar-refractivity contribution in [2.24, 2.45) is 0 Å². The molecule has 9 aromatic carbocycles. The van der Waals surface area contributed by atoms with Crippen LogP contribution in [-0.4, -0.2) is 15.0 Å². The monoisotopic (exact) mass is 717 g/mol. The molecule has 0 spiro atoms. The van der Waals surface area contributed by atoms with E-state index in [0.29, 0.717) is 17.5 Å². The van der Waals surface area contributed by atoms with Gasteiger partial charge in [0.15, 0.2) is 17.5 Å². The molecule has 11 aromatic rings. The minimum absolute atomic E-state index is 0.651. The topological polar surface area (TPSA) is 38.7 Å². The summed E-state index contributed by atoms with van der Waals surface area (Å²) < 4.78 is 2.48. The van der Waals surface area contributed by atoms with Gasteiger partial charge in [-0.1, -0.05) is 158 Å². The summed E-state index contributed by atoms with van der Waals surface area (Å²) in [7, 11) is 0. The Morgan fingerprint density at radius 2 is 0.891 bits per heavy atom. The van der Waals surface area contributed by atoms with Crippen molar-refractivity contribution in [3.05, 3.63) is 188 Å². The van der Waals surface area contributed by atoms with Gasteiger partial charge in [0.1, 0.15) is 0 Å². The normalized spacial score (nSPS) is 11.6. The Hall–Kier alpha value is -7.01. The molecule has 0 amide bonds. The number of rotatable bonds is 5. The van der Waals surface area contributed by atoms with Gasteiger partial charge in [-0.25, -0.2) is 15.0 Å². The van der Waals surface area contributed by atoms with Gasteiger partial charge in [-0.15, -0.1) is 11.3 Å². The van der Waals surface area contributed by atoms with E-state index in [-0.39, 0.29) is 0 Å². The van der Waals surface area contributed by atoms with Crippen molar-refractivity contribution in [3.8, 4) is 56.4 Å². The Labute approximate surface area is 321 Å². The standard InChI is InChI=1S/C51H31N3S/c1-2-13-33(14-3-1)49-52-50(54-51(53-49)48-43-20-7-5-15-39(43)31-46-47(48)44-21-8-9-23-45(44)55-46)40-27-26-36-28-35(24-25-37(36)30-40)34-17-10-18-38(29-34)42-22-11-16-32-12-4-6-19-41(32)42/h1-31H. The number of fused-ring (bicyclic) bond motifs is 6. The lowest BCUT2D eigenvalue weighted by Gasteiger charge is -2.13. The summed E-state index contributed by atoms with van der Waals surface area (Å²) in [5.41, 5.74) is 7.77. The molecule has 0 aliphatic carbocycles. The molecule has 0 N–H and O–H groups in total. The second kappa shape index (κ2) is 12.8. The molecule has 0 radical (unpaired) electrons. The van der Waals surface area contributed by atoms with E-state index in [0.717, 1.165) is 32.8 Å². The molecule has 2 aromatic heterocycles. The third kappa shape index (κ3) is 5.46. The van der Waals surface area contributed by atoms with Crippen LogP contribution in [0.15, 0.2) is 188 Å². The minimum Gasteiger partial charge on any atom is -0.208 e. The van der Waals surface area contributed by atoms with Crippen molar-refractivity contribution in [3.63, 3.8) is 0 Å². The molecule has 0 unspecified atom stereocenters. The van der Waals surface area contributed by atoms with Crippen LogP contribution in [0.2, 0.25) is 0 Å². The lowest BCUT2D eigenvalue weighted by Crippen LogP contribution is -2.01. The number of benzene rings is 9. The summed E-state index contributed by atoms with van der Waals surface area (Å²) in [4.78, 5) is 15.6. The van der Waals surface area contributed by atoms with E-state index >= 15 is 0 Å². The first kappa shape index (κ1) is 31.5. The van der Waals surface area contributed by atoms with E-state index in [2.05, 4.69) is 170 Å². The summed E-state index contributed by atoms with van der Waals surface area (Å²) in [6.07, 6.45) is 0. The molecule has 0 aliphatic rings. The molecular weight excluding hydrogens is 687 g/mol. The number of thiophene rings is 1. The van der Waals surface area contributed by atoms with Gasteiger partial charge in [-0.2, -0.15) is 0 Å². The van der Waals surface area contributed by atoms with E-state index in [1.54, 1.807) is 0 Å². The van der Waals surface area contributed by atoms with E-state index in [1.807, 2.05) is 29.5 Å². The third-order valence-electron chi connectivity index (χ3n) is 10.7. The van der Waals surface area contributed by atoms with Crippen LogP contribution in [0.3, 0.4) is 0 Å². The summed E-state index contributed by atoms with van der Waals surface area (Å²) in [6, 6.07) is 67.0. The highest BCUT2D eigenvalue weighted by Gasteiger charge is 2.20. The lowest BCUT2D eigenvalue weighted by atomic mass is 9.94. The molecule has 2 heterocycles. The first-order chi connectivity index (χ1) is 27.2. The molecule has 11 rings (SSSR count). The van der Waals surface area contributed by atoms with Crippen LogP contribution in [0.5, 0.6) is 0 Å². The maximum atomic E-state index is 5.30. The Morgan fingerprint density at radius 1 is 0.309 bits per heavy atom. The smallest absolute Gasteiger partial charge is 0.165 e. The van der Waals surface area contributed by atoms with Crippen LogP contribution in [-0.2, 0) is 0 Å². The van der Waals surface area contributed by atoms with Crippen molar-refractivity contribution in [2.45, 2.75) is 0 Å². The third-order valence-corrected chi connectivity index (χ3v) is 11.8. The van der Waals surface area contributed by atoms with Crippen LogP contribution in [0.4, 0.5) is 0 Å². The number of hydrogen-bond acceptors (Lipinski definition) is 4. The van der Waals surface area contributed by atoms with E-state index in [4.69, 9.17) is 15.0 Å². The Kier molecular flexibility index (Phi) is 7.35. The zero-order valence-electron chi connectivity index (χ0n) is 29.6. The SMILES string of the molecule is c1ccc(-c2nc(-c3ccc4cc(-c5cccc(-c6cccc7ccccc67)c5)ccc4c3)nc(-c3c4ccccc4cc4sc5ccccc5c34)n2)cc1. The lowest BCUT2D eigenvalue weighted by molar-refractivity contribution is 1.08. The molecule has 0 saturated heterocycles. The number of aromatic nitrogens is 3. The Balaban J connectivity index is 1.05. The van der Waals surface area contributed by atoms with Gasteiger partial charge in [0.2, 0.25) is 0 Å². The van der Waals surface area contributed by atoms with Crippen molar-refractivity contribution >= 4 is 63.8 Å². The predicted octanol–water partition coefficient (Wildman–Crippen LogP) is 14.0. The fourth-order valence-electron chi connectivity index (χ4n) is 8.02. The fraction of sp³-hybridized carbons (Fsp3) is 0. The van der Waals surface area contributed by atoms with Crippen LogP contribution in [0.1, 0.15) is 0 Å². The van der Waals surface area contributed by atoms with Gasteiger partial charge in [-0.05, 0) is 84.9 Å². The summed E-state index contributed by atoms with van der Waals surface area (Å²) in [5, 5.41) is 9.51. The predicted molar refractivity (Wildman–Crippen MR) is 232 cm³/mol. The molecule has 0 aliphatic heterocycles. The molecule has 0 fully saturated rings. The molecule has 0 atom stereocenters. The molecule has 4 heteroatoms. The van der Waals surface area contributed by atoms with Crippen molar-refractivity contribution in [1.82, 2.24) is 15.0 Å². The first-order valence-corrected chi connectivity index (χ1v) is 19.3. The van der Waals surface area contributed by atoms with Crippen molar-refractivity contribution in [2.75, 3.05) is 0 Å². The molecule has 0 saturated carbocycles. The maximum absolute atomic E-state index is 5.30. The van der Waals surface area contributed by atoms with Gasteiger partial charge in [0.05, 0.1) is 0 Å². The maximum Gasteiger partial charge on any atom is 0.165 e. The van der Waals surface area contributed by atoms with E-state index < -0.39 is 0 Å². The van der Waals surface area contributed by atoms with Gasteiger partial charge in [0, 0.05) is 36.9 Å². The zero-order valence-corrected chi connectivity index (χ0v) is 30.5. The fourth-order valence-corrected chi connectivity index (χ4v) is 9.19. The quantitative estimate of drug-likeness (QED) is 0.178. The Morgan fingerprint density at radius 3 is 1.75 bits per heavy atom. The molecule has 3 nitrogen and oxygen atoms in total. The highest BCUT2D eigenvalue weighted by molar-refractivity contribution is 7.26. The second-order valence-electron chi connectivity index (χ2n) is 14.0. The van der Waals surface area contributed by atoms with Crippen molar-refractivity contribution < 1.29 is 0 Å². The summed E-state index contributed by atoms with van der Waals surface area (Å²) >= 11 is 1.82. The van der Waals surface area contributed by atoms with Gasteiger partial charge in [-0.3, -0.25) is 0 Å². The highest BCUT2D eigenvalue weighted by Crippen LogP contribution is 2.44. The molecule has 256 valence electrons. The molecule has 55 heavy (non-hydrogen) atoms. The highest BCUT2D eigenvalue weighted by atomic mass is 32.1. The van der Waals surface area contributed by atoms with Gasteiger partial charge in [0.25, 0.3) is 0 Å². The van der Waals surface area contributed by atoms with Gasteiger partial charge >= 0.3 is 0 Å². The number of nitrogens with zero attached hydrogens (tertiary/aromatic N) is 3. The van der Waals surface area contributed by atoms with Crippen LogP contribution in [0.25, 0.3) is 109 Å². The first-order valence-electron chi connectivity index (χ1n) is 18.5. The van der Waals surface area contributed by atoms with Gasteiger partial charge < -0.3 is 0 Å². The summed E-state index contributed by atoms with van der Waals surface area (Å²) in [6.45, 7) is 0. The van der Waals surface area contributed by atoms with Crippen LogP contribution >= 0.6 is 11.3 Å². The second-order valence-corrected chi connectivity index (χ2v) is 15.1. The van der Waals surface area contributed by atoms with E-state index in [9.17, 15) is 0 Å². The average molecular weight is 718 g/mol. The van der Waals surface area contributed by atoms with Crippen LogP contribution < -0.4 is 0 Å². The number of hydrogen-bond donors (Lipinski definition) is 0. The Bertz CT molecular complexity index is 3270. The average Bonchev–Trinajstić information content (AvgIpc) is 3.63. The largest absolute Gasteiger partial charge is 0.208 e. The van der Waals surface area contributed by atoms with Crippen LogP contribution in [0, 0.1) is 0 Å². The minimum atomic E-state index is 0.651. The molecular formula is C51H31N3S. The summed E-state index contributed by atoms with van der Waals surface area (Å²) in [5.74, 6) is 1.98. The van der Waals surface area contributed by atoms with Crippen molar-refractivity contribution in [1.29, 1.82) is 0 Å². The van der Waals surface area contributed by atoms with E-state index in [1.165, 1.54) is 58.6 Å².